The summed E-state index contributed by atoms with van der Waals surface area (Å²) in [5.74, 6) is 0.848. The van der Waals surface area contributed by atoms with Crippen LogP contribution in [-0.2, 0) is 10.1 Å². The Morgan fingerprint density at radius 1 is 1.33 bits per heavy atom. The zero-order valence-corrected chi connectivity index (χ0v) is 16.3. The fraction of sp³-hybridized carbons (Fsp3) is 0.182. The van der Waals surface area contributed by atoms with Gasteiger partial charge in [0.05, 0.1) is 5.69 Å². The van der Waals surface area contributed by atoms with Crippen molar-refractivity contribution in [2.75, 3.05) is 17.7 Å². The standard InChI is InChI=1S/C11H12N5O3S.U/c1-7-13-6-14-11(15-7)16(2)8-3-4-10(9(12)5-8)20(17,18)19;/h3-5H,12H2,1-2H3,(H,17,18,19);/q-1;. The van der Waals surface area contributed by atoms with Gasteiger partial charge >= 0.3 is 0 Å². The summed E-state index contributed by atoms with van der Waals surface area (Å²) < 4.78 is 31.1. The van der Waals surface area contributed by atoms with Gasteiger partial charge in [-0.3, -0.25) is 4.55 Å². The smallest absolute Gasteiger partial charge is 0.296 e. The molecule has 8 nitrogen and oxygen atoms in total. The van der Waals surface area contributed by atoms with Crippen molar-refractivity contribution in [2.45, 2.75) is 11.8 Å². The normalized spacial score (nSPS) is 10.8. The molecule has 0 radical (unpaired) electrons. The summed E-state index contributed by atoms with van der Waals surface area (Å²) in [5.41, 5.74) is 6.13. The van der Waals surface area contributed by atoms with E-state index in [0.29, 0.717) is 17.5 Å². The van der Waals surface area contributed by atoms with Gasteiger partial charge in [-0.25, -0.2) is 0 Å². The van der Waals surface area contributed by atoms with Crippen molar-refractivity contribution in [3.8, 4) is 0 Å². The Balaban J connectivity index is 0.00000220. The molecule has 1 aromatic carbocycles. The molecule has 0 aliphatic heterocycles. The van der Waals surface area contributed by atoms with Crippen molar-refractivity contribution >= 4 is 27.4 Å². The Bertz CT molecular complexity index is 753. The predicted molar refractivity (Wildman–Crippen MR) is 72.1 cm³/mol. The summed E-state index contributed by atoms with van der Waals surface area (Å²) in [6.45, 7) is 1.70. The van der Waals surface area contributed by atoms with Crippen LogP contribution in [0.3, 0.4) is 0 Å². The third-order valence-electron chi connectivity index (χ3n) is 2.58. The summed E-state index contributed by atoms with van der Waals surface area (Å²) in [5, 5.41) is 0. The fourth-order valence-electron chi connectivity index (χ4n) is 1.58. The quantitative estimate of drug-likeness (QED) is 0.335. The molecule has 0 spiro atoms. The van der Waals surface area contributed by atoms with E-state index >= 15 is 0 Å². The van der Waals surface area contributed by atoms with E-state index in [1.807, 2.05) is 0 Å². The largest absolute Gasteiger partial charge is 0.398 e. The van der Waals surface area contributed by atoms with Crippen molar-refractivity contribution in [3.63, 3.8) is 0 Å². The maximum Gasteiger partial charge on any atom is 0.296 e. The Morgan fingerprint density at radius 2 is 2.00 bits per heavy atom. The molecule has 0 aliphatic rings. The second-order valence-corrected chi connectivity index (χ2v) is 5.43. The average Bonchev–Trinajstić information content (AvgIpc) is 2.36. The number of hydrogen-bond donors (Lipinski definition) is 2. The van der Waals surface area contributed by atoms with Crippen molar-refractivity contribution in [1.82, 2.24) is 15.0 Å². The molecule has 110 valence electrons. The molecule has 2 rings (SSSR count). The monoisotopic (exact) mass is 532 g/mol. The van der Waals surface area contributed by atoms with Crippen LogP contribution in [0.25, 0.3) is 0 Å². The second kappa shape index (κ2) is 6.70. The molecule has 1 heterocycles. The van der Waals surface area contributed by atoms with Gasteiger partial charge in [-0.1, -0.05) is 6.92 Å². The van der Waals surface area contributed by atoms with Crippen molar-refractivity contribution in [3.05, 3.63) is 30.4 Å². The number of hydrogen-bond acceptors (Lipinski definition) is 7. The van der Waals surface area contributed by atoms with Crippen LogP contribution in [0.5, 0.6) is 0 Å². The van der Waals surface area contributed by atoms with Gasteiger partial charge in [-0.05, 0) is 18.2 Å². The van der Waals surface area contributed by atoms with E-state index in [4.69, 9.17) is 10.3 Å². The zero-order valence-electron chi connectivity index (χ0n) is 11.3. The third-order valence-corrected chi connectivity index (χ3v) is 3.51. The Morgan fingerprint density at radius 3 is 2.52 bits per heavy atom. The SMILES string of the molecule is Cc1n[c-]nc(N(C)c2ccc(S(=O)(=O)O)c(N)c2)n1.[U]. The van der Waals surface area contributed by atoms with E-state index in [1.54, 1.807) is 18.9 Å². The van der Waals surface area contributed by atoms with Gasteiger partial charge in [0.15, 0.2) is 0 Å². The van der Waals surface area contributed by atoms with Gasteiger partial charge in [0.2, 0.25) is 0 Å². The molecule has 0 aliphatic carbocycles. The Kier molecular flexibility index (Phi) is 5.69. The topological polar surface area (TPSA) is 122 Å². The molecule has 0 fully saturated rings. The average molecular weight is 532 g/mol. The number of aryl methyl sites for hydroxylation is 1. The fourth-order valence-corrected chi connectivity index (χ4v) is 2.18. The number of nitrogens with zero attached hydrogens (tertiary/aromatic N) is 4. The number of rotatable bonds is 3. The first-order chi connectivity index (χ1) is 9.29. The van der Waals surface area contributed by atoms with Gasteiger partial charge in [0.1, 0.15) is 10.8 Å². The van der Waals surface area contributed by atoms with Gasteiger partial charge in [-0.15, -0.1) is 0 Å². The number of nitrogen functional groups attached to an aromatic ring is 1. The Labute approximate surface area is 145 Å². The van der Waals surface area contributed by atoms with Crippen LogP contribution in [0.2, 0.25) is 0 Å². The molecule has 0 unspecified atom stereocenters. The van der Waals surface area contributed by atoms with Crippen LogP contribution in [0.4, 0.5) is 17.3 Å². The molecule has 2 aromatic rings. The minimum atomic E-state index is -4.34. The minimum Gasteiger partial charge on any atom is -0.398 e. The predicted octanol–water partition coefficient (Wildman–Crippen LogP) is 0.577. The van der Waals surface area contributed by atoms with Gasteiger partial charge in [0, 0.05) is 56.0 Å². The number of aromatic nitrogens is 3. The molecule has 0 atom stereocenters. The first kappa shape index (κ1) is 17.8. The molecular formula is C11H12N5O3SU-. The molecule has 0 saturated heterocycles. The minimum absolute atomic E-state index is 0. The molecule has 3 N–H and O–H groups in total. The van der Waals surface area contributed by atoms with E-state index < -0.39 is 10.1 Å². The van der Waals surface area contributed by atoms with Crippen LogP contribution < -0.4 is 10.6 Å². The van der Waals surface area contributed by atoms with Crippen molar-refractivity contribution in [1.29, 1.82) is 0 Å². The number of benzene rings is 1. The van der Waals surface area contributed by atoms with E-state index in [9.17, 15) is 8.42 Å². The maximum absolute atomic E-state index is 11.1. The van der Waals surface area contributed by atoms with Gasteiger partial charge in [-0.2, -0.15) is 8.42 Å². The van der Waals surface area contributed by atoms with E-state index in [2.05, 4.69) is 21.3 Å². The third kappa shape index (κ3) is 4.14. The molecule has 1 aromatic heterocycles. The molecule has 0 bridgehead atoms. The van der Waals surface area contributed by atoms with E-state index in [-0.39, 0.29) is 41.7 Å². The van der Waals surface area contributed by atoms with Crippen molar-refractivity contribution < 1.29 is 44.1 Å². The summed E-state index contributed by atoms with van der Waals surface area (Å²) in [7, 11) is -2.65. The van der Waals surface area contributed by atoms with E-state index in [0.717, 1.165) is 0 Å². The first-order valence-electron chi connectivity index (χ1n) is 5.48. The molecule has 0 amide bonds. The molecule has 0 saturated carbocycles. The number of anilines is 3. The van der Waals surface area contributed by atoms with Crippen LogP contribution >= 0.6 is 0 Å². The first-order valence-corrected chi connectivity index (χ1v) is 6.92. The molecular weight excluding hydrogens is 520 g/mol. The number of nitrogens with two attached hydrogens (primary N) is 1. The van der Waals surface area contributed by atoms with Crippen LogP contribution in [0, 0.1) is 44.4 Å². The Hall–Kier alpha value is -1.21. The summed E-state index contributed by atoms with van der Waals surface area (Å²) in [6, 6.07) is 4.11. The summed E-state index contributed by atoms with van der Waals surface area (Å²) >= 11 is 0. The van der Waals surface area contributed by atoms with Gasteiger partial charge < -0.3 is 25.6 Å². The van der Waals surface area contributed by atoms with Crippen LogP contribution in [-0.4, -0.2) is 35.0 Å². The van der Waals surface area contributed by atoms with Crippen molar-refractivity contribution in [2.24, 2.45) is 0 Å². The van der Waals surface area contributed by atoms with Crippen LogP contribution in [0.1, 0.15) is 5.82 Å². The van der Waals surface area contributed by atoms with E-state index in [1.165, 1.54) is 18.2 Å². The van der Waals surface area contributed by atoms with Gasteiger partial charge in [0.25, 0.3) is 10.1 Å². The summed E-state index contributed by atoms with van der Waals surface area (Å²) in [6.07, 6.45) is 2.46. The zero-order chi connectivity index (χ0) is 14.9. The summed E-state index contributed by atoms with van der Waals surface area (Å²) in [4.78, 5) is 13.0. The molecule has 10 heteroatoms. The molecule has 21 heavy (non-hydrogen) atoms. The van der Waals surface area contributed by atoms with Crippen LogP contribution in [0.15, 0.2) is 23.1 Å². The maximum atomic E-state index is 11.1. The second-order valence-electron chi connectivity index (χ2n) is 4.04.